The van der Waals surface area contributed by atoms with Gasteiger partial charge in [-0.15, -0.1) is 0 Å². The van der Waals surface area contributed by atoms with E-state index in [2.05, 4.69) is 187 Å². The van der Waals surface area contributed by atoms with Crippen LogP contribution in [0.5, 0.6) is 0 Å². The van der Waals surface area contributed by atoms with Crippen molar-refractivity contribution in [2.75, 3.05) is 144 Å². The van der Waals surface area contributed by atoms with Crippen LogP contribution in [-0.4, -0.2) is 300 Å². The van der Waals surface area contributed by atoms with E-state index in [1.54, 1.807) is 110 Å². The lowest BCUT2D eigenvalue weighted by Crippen LogP contribution is -2.44. The maximum atomic E-state index is 13.6. The first kappa shape index (κ1) is 91.7. The number of aromatic nitrogens is 30. The van der Waals surface area contributed by atoms with Crippen LogP contribution >= 0.6 is 0 Å². The molecule has 12 N–H and O–H groups in total. The summed E-state index contributed by atoms with van der Waals surface area (Å²) in [6.45, 7) is 20.1. The minimum atomic E-state index is -2.62. The summed E-state index contributed by atoms with van der Waals surface area (Å²) in [5.74, 6) is 0.237. The summed E-state index contributed by atoms with van der Waals surface area (Å²) in [6, 6.07) is 15.7. The summed E-state index contributed by atoms with van der Waals surface area (Å²) in [6.07, 6.45) is 39.7. The molecule has 144 heavy (non-hydrogen) atoms. The number of likely N-dealkylation sites (tertiary alicyclic amines) is 1. The molecule has 726 valence electrons. The zero-order chi connectivity index (χ0) is 98.4. The molecule has 0 atom stereocenters. The average molecular weight is 1930 g/mol. The van der Waals surface area contributed by atoms with E-state index in [-0.39, 0.29) is 30.7 Å². The van der Waals surface area contributed by atoms with Crippen LogP contribution in [0.4, 0.5) is 42.9 Å². The van der Waals surface area contributed by atoms with Gasteiger partial charge in [0.05, 0.1) is 164 Å². The molecule has 0 spiro atoms. The van der Waals surface area contributed by atoms with Crippen LogP contribution < -0.4 is 31.1 Å². The SMILES string of the molecule is CC(C)CC(=O)Nc1cncc(-c2cnc3n[nH]c(-c4nc5c(N6CCN(C)CC6)cncc5[nH]4)c3c2)c1.CCC(=O)Nc1cncc(-c2cnc3n[nH]c(-c4nc5c(N6CCN(C)CC6)cncc5[nH]4)c3c2)c1.CN1CCN(c2cncc3[nH]c(-c4[nH]nc5ncc(-c6cncc(N)c6)cc45)nc23)CC1.Cc1cn(-c2cncc3[nH]c(-c4[nH]nc5ncc(-c6cncc(CN7CCC(F)(F)C7)c6)cc45)nc23)cn1. The number of pyridine rings is 12. The van der Waals surface area contributed by atoms with E-state index >= 15 is 0 Å². The molecule has 21 aromatic rings. The van der Waals surface area contributed by atoms with E-state index in [0.29, 0.717) is 94.6 Å². The highest BCUT2D eigenvalue weighted by molar-refractivity contribution is 6.01. The molecule has 25 heterocycles. The monoisotopic (exact) mass is 1930 g/mol. The van der Waals surface area contributed by atoms with E-state index in [0.717, 1.165) is 240 Å². The number of nitrogens with zero attached hydrogens (tertiary/aromatic N) is 29. The highest BCUT2D eigenvalue weighted by Crippen LogP contribution is 2.40. The fourth-order valence-corrected chi connectivity index (χ4v) is 18.4. The Morgan fingerprint density at radius 1 is 0.403 bits per heavy atom. The number of likely N-dealkylation sites (N-methyl/N-ethyl adjacent to an activating group) is 3. The van der Waals surface area contributed by atoms with Gasteiger partial charge in [-0.3, -0.25) is 74.8 Å². The third kappa shape index (κ3) is 19.2. The number of aryl methyl sites for hydroxylation is 1. The third-order valence-corrected chi connectivity index (χ3v) is 26.1. The first-order chi connectivity index (χ1) is 70.1. The number of rotatable bonds is 19. The highest BCUT2D eigenvalue weighted by Gasteiger charge is 2.38. The second-order valence-electron chi connectivity index (χ2n) is 37.0. The number of alkyl halides is 2. The number of halogens is 2. The maximum absolute atomic E-state index is 13.6. The Hall–Kier alpha value is -17.4. The van der Waals surface area contributed by atoms with Crippen molar-refractivity contribution in [2.24, 2.45) is 5.92 Å². The Bertz CT molecular complexity index is 8330. The van der Waals surface area contributed by atoms with Crippen LogP contribution in [0.25, 0.3) is 185 Å². The van der Waals surface area contributed by atoms with E-state index in [9.17, 15) is 18.4 Å². The molecule has 4 saturated heterocycles. The Morgan fingerprint density at radius 3 is 1.11 bits per heavy atom. The van der Waals surface area contributed by atoms with Crippen molar-refractivity contribution in [3.8, 4) is 96.3 Å². The summed E-state index contributed by atoms with van der Waals surface area (Å²) < 4.78 is 29.1. The van der Waals surface area contributed by atoms with Gasteiger partial charge in [-0.2, -0.15) is 20.4 Å². The largest absolute Gasteiger partial charge is 0.397 e. The van der Waals surface area contributed by atoms with E-state index in [1.807, 2.05) is 112 Å². The Labute approximate surface area is 819 Å². The molecule has 25 rings (SSSR count). The van der Waals surface area contributed by atoms with Crippen molar-refractivity contribution in [2.45, 2.75) is 59.4 Å². The number of anilines is 6. The van der Waals surface area contributed by atoms with Crippen molar-refractivity contribution in [1.82, 2.24) is 170 Å². The van der Waals surface area contributed by atoms with Crippen molar-refractivity contribution in [3.05, 3.63) is 196 Å². The van der Waals surface area contributed by atoms with E-state index in [4.69, 9.17) is 25.7 Å². The van der Waals surface area contributed by atoms with Gasteiger partial charge in [0.25, 0.3) is 5.92 Å². The lowest BCUT2D eigenvalue weighted by molar-refractivity contribution is -0.117. The lowest BCUT2D eigenvalue weighted by atomic mass is 10.1. The van der Waals surface area contributed by atoms with Crippen LogP contribution in [0.1, 0.15) is 51.3 Å². The van der Waals surface area contributed by atoms with Gasteiger partial charge in [0, 0.05) is 224 Å². The number of carbonyl (C=O) groups is 2. The Morgan fingerprint density at radius 2 is 0.750 bits per heavy atom. The first-order valence-electron chi connectivity index (χ1n) is 47.4. The van der Waals surface area contributed by atoms with Crippen LogP contribution in [-0.2, 0) is 16.1 Å². The molecule has 2 amide bonds. The molecule has 0 aromatic carbocycles. The van der Waals surface area contributed by atoms with Crippen LogP contribution in [0.3, 0.4) is 0 Å². The first-order valence-corrected chi connectivity index (χ1v) is 47.4. The van der Waals surface area contributed by atoms with Crippen LogP contribution in [0, 0.1) is 12.8 Å². The topological polar surface area (TPSA) is 509 Å². The van der Waals surface area contributed by atoms with Gasteiger partial charge >= 0.3 is 0 Å². The molecular formula is C100H100F2N40O2. The Kier molecular flexibility index (Phi) is 24.8. The number of piperazine rings is 3. The molecule has 0 bridgehead atoms. The molecule has 0 saturated carbocycles. The smallest absolute Gasteiger partial charge is 0.261 e. The van der Waals surface area contributed by atoms with Gasteiger partial charge in [0.1, 0.15) is 44.8 Å². The van der Waals surface area contributed by atoms with Crippen LogP contribution in [0.2, 0.25) is 0 Å². The molecule has 44 heteroatoms. The summed E-state index contributed by atoms with van der Waals surface area (Å²) in [4.78, 5) is 130. The normalized spacial score (nSPS) is 15.0. The minimum absolute atomic E-state index is 0.0278. The van der Waals surface area contributed by atoms with Crippen LogP contribution in [0.15, 0.2) is 185 Å². The number of imidazole rings is 5. The van der Waals surface area contributed by atoms with Gasteiger partial charge in [0.2, 0.25) is 11.8 Å². The number of aromatic amines is 8. The molecule has 4 aliphatic heterocycles. The molecule has 21 aromatic heterocycles. The molecule has 0 unspecified atom stereocenters. The maximum Gasteiger partial charge on any atom is 0.261 e. The summed E-state index contributed by atoms with van der Waals surface area (Å²) in [5, 5.41) is 39.0. The molecule has 0 radical (unpaired) electrons. The fourth-order valence-electron chi connectivity index (χ4n) is 18.4. The Balaban J connectivity index is 0.000000110. The predicted octanol–water partition coefficient (Wildman–Crippen LogP) is 13.3. The third-order valence-electron chi connectivity index (χ3n) is 26.1. The summed E-state index contributed by atoms with van der Waals surface area (Å²) in [5.41, 5.74) is 32.6. The average Bonchev–Trinajstić information content (AvgIpc) is 1.62. The molecule has 0 aliphatic carbocycles. The highest BCUT2D eigenvalue weighted by atomic mass is 19.3. The number of carbonyl (C=O) groups excluding carboxylic acids is 2. The number of hydrogen-bond donors (Lipinski definition) is 11. The minimum Gasteiger partial charge on any atom is -0.397 e. The molecule has 42 nitrogen and oxygen atoms in total. The van der Waals surface area contributed by atoms with Gasteiger partial charge in [-0.05, 0) is 88.1 Å². The molecular weight excluding hydrogens is 1830 g/mol. The summed E-state index contributed by atoms with van der Waals surface area (Å²) in [7, 11) is 6.43. The lowest BCUT2D eigenvalue weighted by Gasteiger charge is -2.33. The van der Waals surface area contributed by atoms with Crippen molar-refractivity contribution >= 4 is 134 Å². The number of fused-ring (bicyclic) bond motifs is 8. The molecule has 4 fully saturated rings. The van der Waals surface area contributed by atoms with Crippen molar-refractivity contribution in [3.63, 3.8) is 0 Å². The number of H-pyrrole nitrogens is 8. The number of nitrogens with one attached hydrogen (secondary N) is 10. The van der Waals surface area contributed by atoms with Gasteiger partial charge in [-0.1, -0.05) is 20.8 Å². The predicted molar refractivity (Wildman–Crippen MR) is 547 cm³/mol. The summed E-state index contributed by atoms with van der Waals surface area (Å²) >= 11 is 0. The fraction of sp³-hybridized carbons (Fsp3) is 0.270. The van der Waals surface area contributed by atoms with Gasteiger partial charge < -0.3 is 70.3 Å². The van der Waals surface area contributed by atoms with E-state index in [1.165, 1.54) is 0 Å². The van der Waals surface area contributed by atoms with Crippen molar-refractivity contribution in [1.29, 1.82) is 0 Å². The zero-order valence-corrected chi connectivity index (χ0v) is 79.7. The number of hydrogen-bond acceptors (Lipinski definition) is 31. The number of amides is 2. The zero-order valence-electron chi connectivity index (χ0n) is 79.7. The standard InChI is InChI=1S/C27H30N10O.C26H22F2N10.C25H26N10O.C22H22N10/c1-16(2)8-23(38)31-19-9-17(11-28-13-19)18-10-20-24(34-35-26(20)30-12-18)27-32-21-14-29-15-22(25(21)33-27)37-6-4-36(3)5-7-37;1-15-11-38(14-32-15)21-10-30-9-20-23(21)34-25(33-20)22-19-5-18(8-31-24(19)36-35-22)17-4-16(6-29-7-17)12-37-3-2-26(27,28)13-37;1-3-21(36)29-17-8-15(10-26-12-17)16-9-18-22(32-33-24(18)28-11-16)25-30-19-13-27-14-20(23(19)31-25)35-6-4-34(2)5-7-35;1-31-2-4-32(5-3-31)18-12-25-11-17-20(18)28-22(27-17)19-16-7-14(9-26-21(16)30-29-19)13-6-15(23)10-24-8-13/h9-16H,4-8H2,1-3H3,(H,31,38)(H,32,33)(H,30,34,35);4-11,14H,2-3,12-13H2,1H3,(H,33,34)(H,31,35,36);8-14H,3-7H2,1-2H3,(H,29,36)(H,30,31)(H,28,32,33);6-12H,2-5,23H2,1H3,(H,27,28)(H,26,29,30). The molecule has 4 aliphatic rings. The van der Waals surface area contributed by atoms with E-state index < -0.39 is 5.92 Å². The second kappa shape index (κ2) is 39.0. The van der Waals surface area contributed by atoms with Gasteiger partial charge in [0.15, 0.2) is 45.9 Å². The van der Waals surface area contributed by atoms with Gasteiger partial charge in [-0.25, -0.2) is 53.6 Å². The second-order valence-corrected chi connectivity index (χ2v) is 37.0. The van der Waals surface area contributed by atoms with Crippen molar-refractivity contribution < 1.29 is 18.4 Å². The number of nitrogen functional groups attached to an aromatic ring is 1. The quantitative estimate of drug-likeness (QED) is 0.0358. The number of nitrogens with two attached hydrogens (primary N) is 1.